The van der Waals surface area contributed by atoms with Gasteiger partial charge in [-0.2, -0.15) is 0 Å². The van der Waals surface area contributed by atoms with Crippen LogP contribution >= 0.6 is 23.2 Å². The van der Waals surface area contributed by atoms with Crippen LogP contribution in [0.4, 0.5) is 5.69 Å². The van der Waals surface area contributed by atoms with Crippen LogP contribution < -0.4 is 5.32 Å². The summed E-state index contributed by atoms with van der Waals surface area (Å²) in [7, 11) is 0. The number of hydrogen-bond donors (Lipinski definition) is 3. The van der Waals surface area contributed by atoms with E-state index in [0.29, 0.717) is 27.8 Å². The molecule has 0 aromatic heterocycles. The van der Waals surface area contributed by atoms with Gasteiger partial charge in [-0.15, -0.1) is 0 Å². The van der Waals surface area contributed by atoms with Gasteiger partial charge in [0.2, 0.25) is 0 Å². The Balaban J connectivity index is 2.14. The first kappa shape index (κ1) is 12.9. The lowest BCUT2D eigenvalue weighted by molar-refractivity contribution is 0.400. The van der Waals surface area contributed by atoms with Crippen LogP contribution in [-0.2, 0) is 6.54 Å². The molecule has 0 saturated carbocycles. The van der Waals surface area contributed by atoms with Crippen molar-refractivity contribution >= 4 is 28.9 Å². The lowest BCUT2D eigenvalue weighted by atomic mass is 10.2. The Morgan fingerprint density at radius 3 is 2.56 bits per heavy atom. The number of benzene rings is 2. The maximum Gasteiger partial charge on any atom is 0.162 e. The molecule has 0 atom stereocenters. The molecule has 5 heteroatoms. The number of halogens is 2. The van der Waals surface area contributed by atoms with Gasteiger partial charge in [-0.25, -0.2) is 0 Å². The van der Waals surface area contributed by atoms with E-state index in [4.69, 9.17) is 23.2 Å². The van der Waals surface area contributed by atoms with Crippen molar-refractivity contribution in [2.45, 2.75) is 6.54 Å². The van der Waals surface area contributed by atoms with E-state index in [0.717, 1.165) is 0 Å². The second-order valence-electron chi connectivity index (χ2n) is 3.76. The normalized spacial score (nSPS) is 10.3. The van der Waals surface area contributed by atoms with Gasteiger partial charge < -0.3 is 15.5 Å². The largest absolute Gasteiger partial charge is 0.504 e. The SMILES string of the molecule is Oc1cccc(CNc2ccc(Cl)cc2Cl)c1O. The molecular weight excluding hydrogens is 273 g/mol. The molecule has 2 aromatic carbocycles. The average molecular weight is 284 g/mol. The lowest BCUT2D eigenvalue weighted by Crippen LogP contribution is -2.00. The van der Waals surface area contributed by atoms with Crippen LogP contribution in [0.1, 0.15) is 5.56 Å². The Morgan fingerprint density at radius 2 is 1.83 bits per heavy atom. The molecule has 3 nitrogen and oxygen atoms in total. The average Bonchev–Trinajstić information content (AvgIpc) is 2.33. The van der Waals surface area contributed by atoms with Gasteiger partial charge in [0.15, 0.2) is 11.5 Å². The van der Waals surface area contributed by atoms with Crippen LogP contribution in [-0.4, -0.2) is 10.2 Å². The Kier molecular flexibility index (Phi) is 3.84. The summed E-state index contributed by atoms with van der Waals surface area (Å²) < 4.78 is 0. The summed E-state index contributed by atoms with van der Waals surface area (Å²) in [5.41, 5.74) is 1.30. The van der Waals surface area contributed by atoms with Crippen molar-refractivity contribution < 1.29 is 10.2 Å². The first-order valence-corrected chi connectivity index (χ1v) is 6.02. The molecule has 3 N–H and O–H groups in total. The first-order valence-electron chi connectivity index (χ1n) is 5.26. The third-order valence-electron chi connectivity index (χ3n) is 2.50. The van der Waals surface area contributed by atoms with Crippen LogP contribution in [0.25, 0.3) is 0 Å². The van der Waals surface area contributed by atoms with Crippen molar-refractivity contribution in [1.29, 1.82) is 0 Å². The summed E-state index contributed by atoms with van der Waals surface area (Å²) in [6.07, 6.45) is 0. The molecule has 0 radical (unpaired) electrons. The number of aromatic hydroxyl groups is 2. The van der Waals surface area contributed by atoms with E-state index in [1.54, 1.807) is 30.3 Å². The molecule has 0 saturated heterocycles. The minimum Gasteiger partial charge on any atom is -0.504 e. The van der Waals surface area contributed by atoms with E-state index in [2.05, 4.69) is 5.32 Å². The Morgan fingerprint density at radius 1 is 1.06 bits per heavy atom. The maximum absolute atomic E-state index is 9.64. The van der Waals surface area contributed by atoms with E-state index in [1.165, 1.54) is 6.07 Å². The molecule has 18 heavy (non-hydrogen) atoms. The second kappa shape index (κ2) is 5.38. The monoisotopic (exact) mass is 283 g/mol. The minimum atomic E-state index is -0.142. The quantitative estimate of drug-likeness (QED) is 0.746. The summed E-state index contributed by atoms with van der Waals surface area (Å²) in [6.45, 7) is 0.349. The number of anilines is 1. The third-order valence-corrected chi connectivity index (χ3v) is 3.05. The fourth-order valence-corrected chi connectivity index (χ4v) is 2.02. The van der Waals surface area contributed by atoms with Gasteiger partial charge in [0, 0.05) is 17.1 Å². The van der Waals surface area contributed by atoms with Crippen molar-refractivity contribution in [3.63, 3.8) is 0 Å². The summed E-state index contributed by atoms with van der Waals surface area (Å²) in [6, 6.07) is 9.91. The molecule has 0 aliphatic carbocycles. The van der Waals surface area contributed by atoms with Gasteiger partial charge in [-0.05, 0) is 24.3 Å². The van der Waals surface area contributed by atoms with E-state index in [-0.39, 0.29) is 11.5 Å². The van der Waals surface area contributed by atoms with Gasteiger partial charge in [0.25, 0.3) is 0 Å². The smallest absolute Gasteiger partial charge is 0.162 e. The highest BCUT2D eigenvalue weighted by molar-refractivity contribution is 6.36. The highest BCUT2D eigenvalue weighted by Crippen LogP contribution is 2.30. The molecule has 0 bridgehead atoms. The zero-order valence-corrected chi connectivity index (χ0v) is 10.8. The van der Waals surface area contributed by atoms with Crippen LogP contribution in [0.2, 0.25) is 10.0 Å². The summed E-state index contributed by atoms with van der Waals surface area (Å²) >= 11 is 11.8. The minimum absolute atomic E-state index is 0.130. The highest BCUT2D eigenvalue weighted by Gasteiger charge is 2.06. The van der Waals surface area contributed by atoms with E-state index >= 15 is 0 Å². The molecular formula is C13H11Cl2NO2. The topological polar surface area (TPSA) is 52.5 Å². The van der Waals surface area contributed by atoms with Crippen LogP contribution in [0.15, 0.2) is 36.4 Å². The third kappa shape index (κ3) is 2.81. The molecule has 2 rings (SSSR count). The van der Waals surface area contributed by atoms with Gasteiger partial charge in [-0.1, -0.05) is 35.3 Å². The Hall–Kier alpha value is -1.58. The van der Waals surface area contributed by atoms with Crippen molar-refractivity contribution in [3.05, 3.63) is 52.0 Å². The predicted octanol–water partition coefficient (Wildman–Crippen LogP) is 4.02. The van der Waals surface area contributed by atoms with Crippen molar-refractivity contribution in [2.24, 2.45) is 0 Å². The zero-order valence-electron chi connectivity index (χ0n) is 9.32. The number of phenols is 2. The molecule has 0 aliphatic rings. The first-order chi connectivity index (χ1) is 8.58. The van der Waals surface area contributed by atoms with Gasteiger partial charge in [0.05, 0.1) is 10.7 Å². The zero-order chi connectivity index (χ0) is 13.1. The lowest BCUT2D eigenvalue weighted by Gasteiger charge is -2.10. The van der Waals surface area contributed by atoms with E-state index in [9.17, 15) is 10.2 Å². The van der Waals surface area contributed by atoms with Crippen molar-refractivity contribution in [2.75, 3.05) is 5.32 Å². The van der Waals surface area contributed by atoms with Crippen molar-refractivity contribution in [3.8, 4) is 11.5 Å². The maximum atomic E-state index is 9.64. The molecule has 0 unspecified atom stereocenters. The molecule has 0 amide bonds. The molecule has 0 aliphatic heterocycles. The second-order valence-corrected chi connectivity index (χ2v) is 4.61. The fourth-order valence-electron chi connectivity index (χ4n) is 1.54. The van der Waals surface area contributed by atoms with Crippen LogP contribution in [0.5, 0.6) is 11.5 Å². The van der Waals surface area contributed by atoms with E-state index in [1.807, 2.05) is 0 Å². The molecule has 94 valence electrons. The van der Waals surface area contributed by atoms with E-state index < -0.39 is 0 Å². The number of para-hydroxylation sites is 1. The fraction of sp³-hybridized carbons (Fsp3) is 0.0769. The predicted molar refractivity (Wildman–Crippen MR) is 73.6 cm³/mol. The van der Waals surface area contributed by atoms with Crippen LogP contribution in [0, 0.1) is 0 Å². The van der Waals surface area contributed by atoms with Crippen LogP contribution in [0.3, 0.4) is 0 Å². The Labute approximate surface area is 115 Å². The van der Waals surface area contributed by atoms with Gasteiger partial charge in [0.1, 0.15) is 0 Å². The number of hydrogen-bond acceptors (Lipinski definition) is 3. The van der Waals surface area contributed by atoms with Crippen molar-refractivity contribution in [1.82, 2.24) is 0 Å². The number of rotatable bonds is 3. The number of phenolic OH excluding ortho intramolecular Hbond substituents is 2. The summed E-state index contributed by atoms with van der Waals surface area (Å²) in [4.78, 5) is 0. The number of nitrogens with one attached hydrogen (secondary N) is 1. The molecule has 2 aromatic rings. The highest BCUT2D eigenvalue weighted by atomic mass is 35.5. The van der Waals surface area contributed by atoms with Gasteiger partial charge >= 0.3 is 0 Å². The summed E-state index contributed by atoms with van der Waals surface area (Å²) in [5, 5.41) is 23.1. The molecule has 0 heterocycles. The molecule has 0 fully saturated rings. The summed E-state index contributed by atoms with van der Waals surface area (Å²) in [5.74, 6) is -0.272. The van der Waals surface area contributed by atoms with Gasteiger partial charge in [-0.3, -0.25) is 0 Å². The Bertz CT molecular complexity index is 573. The molecule has 0 spiro atoms. The standard InChI is InChI=1S/C13H11Cl2NO2/c14-9-4-5-11(10(15)6-9)16-7-8-2-1-3-12(17)13(8)18/h1-6,16-18H,7H2.